The molecule has 3 aromatic rings. The molecule has 0 saturated carbocycles. The zero-order chi connectivity index (χ0) is 11.7. The Labute approximate surface area is 118 Å². The van der Waals surface area contributed by atoms with Crippen LogP contribution in [0.5, 0.6) is 0 Å². The fraction of sp³-hybridized carbons (Fsp3) is 0. The maximum atomic E-state index is 12.9. The topological polar surface area (TPSA) is 12.9 Å². The van der Waals surface area contributed by atoms with Crippen molar-refractivity contribution in [3.8, 4) is 11.3 Å². The fourth-order valence-electron chi connectivity index (χ4n) is 1.89. The Morgan fingerprint density at radius 3 is 2.61 bits per heavy atom. The number of halogens is 1. The number of nitrogens with zero attached hydrogens (tertiary/aromatic N) is 1. The quantitative estimate of drug-likeness (QED) is 0.552. The summed E-state index contributed by atoms with van der Waals surface area (Å²) < 4.78 is 12.9. The van der Waals surface area contributed by atoms with E-state index in [0.29, 0.717) is 0 Å². The number of pyridine rings is 1. The number of fused-ring (bicyclic) bond motifs is 1. The van der Waals surface area contributed by atoms with E-state index in [2.05, 4.69) is 11.1 Å². The molecule has 0 amide bonds. The Morgan fingerprint density at radius 1 is 1.00 bits per heavy atom. The molecule has 0 fully saturated rings. The maximum Gasteiger partial charge on any atom is 0.0379 e. The minimum Gasteiger partial charge on any atom is -0.304 e. The zero-order valence-corrected chi connectivity index (χ0v) is 11.7. The van der Waals surface area contributed by atoms with Gasteiger partial charge in [-0.2, -0.15) is 0 Å². The number of hydrogen-bond acceptors (Lipinski definition) is 1. The second-order valence-electron chi connectivity index (χ2n) is 3.80. The van der Waals surface area contributed by atoms with E-state index in [1.807, 2.05) is 30.3 Å². The van der Waals surface area contributed by atoms with Gasteiger partial charge in [0, 0.05) is 32.1 Å². The molecule has 0 atom stereocenters. The van der Waals surface area contributed by atoms with E-state index in [1.54, 1.807) is 12.3 Å². The van der Waals surface area contributed by atoms with E-state index in [0.717, 1.165) is 22.0 Å². The molecule has 18 heavy (non-hydrogen) atoms. The predicted octanol–water partition coefficient (Wildman–Crippen LogP) is 3.84. The van der Waals surface area contributed by atoms with Crippen molar-refractivity contribution in [2.24, 2.45) is 0 Å². The summed E-state index contributed by atoms with van der Waals surface area (Å²) in [5.74, 6) is -0.283. The van der Waals surface area contributed by atoms with E-state index in [9.17, 15) is 4.39 Å². The third kappa shape index (κ3) is 2.33. The summed E-state index contributed by atoms with van der Waals surface area (Å²) in [6, 6.07) is 17.3. The van der Waals surface area contributed by atoms with Crippen LogP contribution in [0.2, 0.25) is 0 Å². The van der Waals surface area contributed by atoms with Crippen molar-refractivity contribution in [2.75, 3.05) is 0 Å². The van der Waals surface area contributed by atoms with Crippen molar-refractivity contribution in [3.05, 3.63) is 66.6 Å². The van der Waals surface area contributed by atoms with Crippen LogP contribution < -0.4 is 0 Å². The molecule has 1 radical (unpaired) electrons. The van der Waals surface area contributed by atoms with Gasteiger partial charge < -0.3 is 4.98 Å². The van der Waals surface area contributed by atoms with Gasteiger partial charge in [-0.05, 0) is 22.5 Å². The first-order valence-corrected chi connectivity index (χ1v) is 5.36. The van der Waals surface area contributed by atoms with Crippen LogP contribution in [0, 0.1) is 11.9 Å². The first kappa shape index (κ1) is 12.9. The summed E-state index contributed by atoms with van der Waals surface area (Å²) in [6.45, 7) is 0. The van der Waals surface area contributed by atoms with E-state index < -0.39 is 0 Å². The first-order valence-electron chi connectivity index (χ1n) is 5.36. The van der Waals surface area contributed by atoms with Crippen molar-refractivity contribution in [1.82, 2.24) is 4.98 Å². The van der Waals surface area contributed by atoms with Gasteiger partial charge in [-0.1, -0.05) is 24.3 Å². The Hall–Kier alpha value is -1.57. The van der Waals surface area contributed by atoms with Crippen LogP contribution in [0.1, 0.15) is 0 Å². The SMILES string of the molecule is Fc1c[c-]c(-c2nccc3ccccc23)cc1.[Ir]. The molecule has 1 heterocycles. The molecule has 0 aliphatic heterocycles. The van der Waals surface area contributed by atoms with Gasteiger partial charge in [-0.25, -0.2) is 0 Å². The van der Waals surface area contributed by atoms with Gasteiger partial charge in [0.15, 0.2) is 0 Å². The van der Waals surface area contributed by atoms with Gasteiger partial charge in [0.25, 0.3) is 0 Å². The second-order valence-corrected chi connectivity index (χ2v) is 3.80. The van der Waals surface area contributed by atoms with Crippen molar-refractivity contribution in [2.45, 2.75) is 0 Å². The summed E-state index contributed by atoms with van der Waals surface area (Å²) >= 11 is 0. The van der Waals surface area contributed by atoms with Crippen LogP contribution >= 0.6 is 0 Å². The number of hydrogen-bond donors (Lipinski definition) is 0. The van der Waals surface area contributed by atoms with Crippen LogP contribution in [0.3, 0.4) is 0 Å². The molecule has 0 N–H and O–H groups in total. The molecule has 3 rings (SSSR count). The van der Waals surface area contributed by atoms with Gasteiger partial charge in [-0.3, -0.25) is 4.39 Å². The van der Waals surface area contributed by atoms with Gasteiger partial charge >= 0.3 is 0 Å². The van der Waals surface area contributed by atoms with Crippen LogP contribution in [0.25, 0.3) is 22.0 Å². The second kappa shape index (κ2) is 5.38. The first-order chi connectivity index (χ1) is 8.34. The smallest absolute Gasteiger partial charge is 0.0379 e. The molecular formula is C15H9FIrN-. The molecule has 0 unspecified atom stereocenters. The molecule has 0 spiro atoms. The van der Waals surface area contributed by atoms with E-state index in [4.69, 9.17) is 0 Å². The number of rotatable bonds is 1. The Bertz CT molecular complexity index is 659. The van der Waals surface area contributed by atoms with Crippen LogP contribution in [-0.4, -0.2) is 4.98 Å². The Morgan fingerprint density at radius 2 is 1.83 bits per heavy atom. The molecular weight excluding hydrogens is 405 g/mol. The van der Waals surface area contributed by atoms with Crippen LogP contribution in [-0.2, 0) is 20.1 Å². The molecule has 1 aromatic heterocycles. The third-order valence-electron chi connectivity index (χ3n) is 2.70. The summed E-state index contributed by atoms with van der Waals surface area (Å²) in [5.41, 5.74) is 1.64. The van der Waals surface area contributed by atoms with Gasteiger partial charge in [0.05, 0.1) is 0 Å². The van der Waals surface area contributed by atoms with Gasteiger partial charge in [-0.15, -0.1) is 29.8 Å². The standard InChI is InChI=1S/C15H9FN.Ir/c16-13-7-5-12(6-8-13)15-14-4-2-1-3-11(14)9-10-17-15;/h1-5,7-10H;/q-1;. The van der Waals surface area contributed by atoms with Crippen molar-refractivity contribution in [1.29, 1.82) is 0 Å². The molecule has 1 nitrogen and oxygen atoms in total. The molecule has 2 aromatic carbocycles. The third-order valence-corrected chi connectivity index (χ3v) is 2.70. The zero-order valence-electron chi connectivity index (χ0n) is 9.35. The van der Waals surface area contributed by atoms with Gasteiger partial charge in [0.1, 0.15) is 0 Å². The van der Waals surface area contributed by atoms with E-state index in [1.165, 1.54) is 12.1 Å². The molecule has 0 aliphatic carbocycles. The average Bonchev–Trinajstić information content (AvgIpc) is 2.39. The molecule has 3 heteroatoms. The Kier molecular flexibility index (Phi) is 3.85. The van der Waals surface area contributed by atoms with E-state index in [-0.39, 0.29) is 25.9 Å². The summed E-state index contributed by atoms with van der Waals surface area (Å²) in [6.07, 6.45) is 1.76. The fourth-order valence-corrected chi connectivity index (χ4v) is 1.89. The van der Waals surface area contributed by atoms with Crippen LogP contribution in [0.4, 0.5) is 4.39 Å². The van der Waals surface area contributed by atoms with Crippen LogP contribution in [0.15, 0.2) is 54.7 Å². The summed E-state index contributed by atoms with van der Waals surface area (Å²) in [5, 5.41) is 2.17. The van der Waals surface area contributed by atoms with E-state index >= 15 is 0 Å². The predicted molar refractivity (Wildman–Crippen MR) is 66.0 cm³/mol. The average molecular weight is 414 g/mol. The largest absolute Gasteiger partial charge is 0.304 e. The summed E-state index contributed by atoms with van der Waals surface area (Å²) in [4.78, 5) is 4.35. The normalized spacial score (nSPS) is 10.1. The maximum absolute atomic E-state index is 12.9. The molecule has 0 saturated heterocycles. The molecule has 0 aliphatic rings. The summed E-state index contributed by atoms with van der Waals surface area (Å²) in [7, 11) is 0. The minimum absolute atomic E-state index is 0. The Balaban J connectivity index is 0.00000120. The monoisotopic (exact) mass is 415 g/mol. The molecule has 0 bridgehead atoms. The van der Waals surface area contributed by atoms with Crippen molar-refractivity contribution < 1.29 is 24.5 Å². The minimum atomic E-state index is -0.283. The number of benzene rings is 2. The van der Waals surface area contributed by atoms with Gasteiger partial charge in [0.2, 0.25) is 0 Å². The molecule has 91 valence electrons. The number of aromatic nitrogens is 1. The van der Waals surface area contributed by atoms with Crippen molar-refractivity contribution in [3.63, 3.8) is 0 Å². The van der Waals surface area contributed by atoms with Crippen molar-refractivity contribution >= 4 is 10.8 Å².